The average molecular weight is 428 g/mol. The maximum atomic E-state index is 12.6. The van der Waals surface area contributed by atoms with Gasteiger partial charge >= 0.3 is 0 Å². The van der Waals surface area contributed by atoms with Crippen molar-refractivity contribution in [3.05, 3.63) is 52.9 Å². The van der Waals surface area contributed by atoms with E-state index >= 15 is 0 Å². The van der Waals surface area contributed by atoms with Gasteiger partial charge < -0.3 is 19.5 Å². The molecule has 1 fully saturated rings. The quantitative estimate of drug-likeness (QED) is 0.676. The number of ether oxygens (including phenoxy) is 3. The van der Waals surface area contributed by atoms with Gasteiger partial charge in [-0.2, -0.15) is 0 Å². The Bertz CT molecular complexity index is 1000. The molecule has 3 amide bonds. The summed E-state index contributed by atoms with van der Waals surface area (Å²) in [4.78, 5) is 38.3. The molecule has 30 heavy (non-hydrogen) atoms. The first-order valence-electron chi connectivity index (χ1n) is 8.86. The van der Waals surface area contributed by atoms with Crippen LogP contribution in [0, 0.1) is 0 Å². The van der Waals surface area contributed by atoms with E-state index in [0.717, 1.165) is 16.7 Å². The van der Waals surface area contributed by atoms with Crippen LogP contribution in [-0.2, 0) is 9.59 Å². The first-order chi connectivity index (χ1) is 14.4. The molecule has 0 radical (unpaired) electrons. The summed E-state index contributed by atoms with van der Waals surface area (Å²) < 4.78 is 15.5. The Balaban J connectivity index is 1.69. The molecule has 1 aliphatic heterocycles. The molecule has 0 bridgehead atoms. The summed E-state index contributed by atoms with van der Waals surface area (Å²) in [5.74, 6) is 0.709. The number of benzene rings is 2. The third-order valence-electron chi connectivity index (χ3n) is 4.25. The van der Waals surface area contributed by atoms with Gasteiger partial charge in [0.2, 0.25) is 5.91 Å². The molecule has 1 heterocycles. The highest BCUT2D eigenvalue weighted by Crippen LogP contribution is 2.34. The Kier molecular flexibility index (Phi) is 6.63. The number of hydrogen-bond donors (Lipinski definition) is 1. The third-order valence-corrected chi connectivity index (χ3v) is 5.16. The molecular weight excluding hydrogens is 408 g/mol. The van der Waals surface area contributed by atoms with Gasteiger partial charge in [0.25, 0.3) is 11.1 Å². The summed E-state index contributed by atoms with van der Waals surface area (Å²) in [6.07, 6.45) is 1.58. The molecule has 0 atom stereocenters. The van der Waals surface area contributed by atoms with Gasteiger partial charge in [-0.3, -0.25) is 19.3 Å². The van der Waals surface area contributed by atoms with Crippen LogP contribution in [0.15, 0.2) is 47.4 Å². The molecule has 0 aliphatic carbocycles. The fourth-order valence-electron chi connectivity index (χ4n) is 2.75. The monoisotopic (exact) mass is 428 g/mol. The number of carbonyl (C=O) groups is 3. The number of nitrogens with one attached hydrogen (secondary N) is 1. The van der Waals surface area contributed by atoms with Crippen LogP contribution in [0.4, 0.5) is 10.5 Å². The molecule has 0 spiro atoms. The normalized spacial score (nSPS) is 14.8. The number of hydrogen-bond acceptors (Lipinski definition) is 7. The van der Waals surface area contributed by atoms with Crippen molar-refractivity contribution in [3.8, 4) is 17.2 Å². The third kappa shape index (κ3) is 4.74. The predicted molar refractivity (Wildman–Crippen MR) is 114 cm³/mol. The van der Waals surface area contributed by atoms with Crippen LogP contribution in [0.25, 0.3) is 6.08 Å². The number of rotatable bonds is 7. The van der Waals surface area contributed by atoms with Crippen molar-refractivity contribution in [2.24, 2.45) is 0 Å². The van der Waals surface area contributed by atoms with E-state index in [1.165, 1.54) is 14.2 Å². The van der Waals surface area contributed by atoms with Crippen LogP contribution < -0.4 is 19.5 Å². The van der Waals surface area contributed by atoms with E-state index < -0.39 is 17.1 Å². The van der Waals surface area contributed by atoms with Gasteiger partial charge in [0.05, 0.1) is 26.2 Å². The zero-order valence-electron chi connectivity index (χ0n) is 16.6. The lowest BCUT2D eigenvalue weighted by molar-refractivity contribution is -0.127. The van der Waals surface area contributed by atoms with Crippen LogP contribution in [0.2, 0.25) is 0 Å². The molecule has 0 saturated carbocycles. The summed E-state index contributed by atoms with van der Waals surface area (Å²) in [7, 11) is 4.58. The van der Waals surface area contributed by atoms with Gasteiger partial charge in [-0.25, -0.2) is 0 Å². The van der Waals surface area contributed by atoms with E-state index in [1.54, 1.807) is 55.7 Å². The van der Waals surface area contributed by atoms with Gasteiger partial charge in [-0.1, -0.05) is 6.07 Å². The van der Waals surface area contributed by atoms with Gasteiger partial charge in [-0.15, -0.1) is 0 Å². The summed E-state index contributed by atoms with van der Waals surface area (Å²) >= 11 is 0.783. The molecule has 156 valence electrons. The highest BCUT2D eigenvalue weighted by molar-refractivity contribution is 8.18. The number of anilines is 1. The molecule has 1 N–H and O–H groups in total. The topological polar surface area (TPSA) is 94.2 Å². The molecule has 0 unspecified atom stereocenters. The van der Waals surface area contributed by atoms with Crippen LogP contribution in [0.3, 0.4) is 0 Å². The molecule has 1 aliphatic rings. The fourth-order valence-corrected chi connectivity index (χ4v) is 3.59. The Labute approximate surface area is 177 Å². The van der Waals surface area contributed by atoms with Gasteiger partial charge in [0.1, 0.15) is 12.3 Å². The number of thioether (sulfide) groups is 1. The second-order valence-electron chi connectivity index (χ2n) is 6.16. The van der Waals surface area contributed by atoms with Crippen LogP contribution >= 0.6 is 11.8 Å². The summed E-state index contributed by atoms with van der Waals surface area (Å²) in [5, 5.41) is 2.15. The lowest BCUT2D eigenvalue weighted by Gasteiger charge is -2.12. The number of imide groups is 1. The average Bonchev–Trinajstić information content (AvgIpc) is 3.01. The van der Waals surface area contributed by atoms with Crippen molar-refractivity contribution < 1.29 is 28.6 Å². The van der Waals surface area contributed by atoms with Gasteiger partial charge in [-0.05, 0) is 59.8 Å². The van der Waals surface area contributed by atoms with Crippen molar-refractivity contribution in [2.75, 3.05) is 33.2 Å². The van der Waals surface area contributed by atoms with Crippen LogP contribution in [0.5, 0.6) is 17.2 Å². The standard InChI is InChI=1S/C21H20N2O6S/c1-27-15-7-5-14(6-8-15)22-19(24)12-23-20(25)18(30-21(23)26)11-13-4-9-16(28-2)17(10-13)29-3/h4-11H,12H2,1-3H3,(H,22,24)/b18-11-. The zero-order valence-corrected chi connectivity index (χ0v) is 17.4. The van der Waals surface area contributed by atoms with Crippen LogP contribution in [-0.4, -0.2) is 49.8 Å². The number of carbonyl (C=O) groups excluding carboxylic acids is 3. The van der Waals surface area contributed by atoms with Gasteiger partial charge in [0.15, 0.2) is 11.5 Å². The number of amides is 3. The largest absolute Gasteiger partial charge is 0.497 e. The number of methoxy groups -OCH3 is 3. The first kappa shape index (κ1) is 21.3. The molecule has 9 heteroatoms. The fraction of sp³-hybridized carbons (Fsp3) is 0.190. The van der Waals surface area contributed by atoms with E-state index in [0.29, 0.717) is 28.5 Å². The molecule has 1 saturated heterocycles. The zero-order chi connectivity index (χ0) is 21.7. The van der Waals surface area contributed by atoms with Crippen molar-refractivity contribution in [1.82, 2.24) is 4.90 Å². The van der Waals surface area contributed by atoms with E-state index in [9.17, 15) is 14.4 Å². The Morgan fingerprint density at radius 3 is 2.33 bits per heavy atom. The van der Waals surface area contributed by atoms with Crippen LogP contribution in [0.1, 0.15) is 5.56 Å². The molecule has 3 rings (SSSR count). The molecular formula is C21H20N2O6S. The first-order valence-corrected chi connectivity index (χ1v) is 9.68. The van der Waals surface area contributed by atoms with Crippen molar-refractivity contribution in [2.45, 2.75) is 0 Å². The molecule has 2 aromatic carbocycles. The minimum Gasteiger partial charge on any atom is -0.497 e. The summed E-state index contributed by atoms with van der Waals surface area (Å²) in [6, 6.07) is 11.9. The second-order valence-corrected chi connectivity index (χ2v) is 7.15. The Hall–Kier alpha value is -3.46. The molecule has 0 aromatic heterocycles. The summed E-state index contributed by atoms with van der Waals surface area (Å²) in [6.45, 7) is -0.375. The maximum Gasteiger partial charge on any atom is 0.294 e. The highest BCUT2D eigenvalue weighted by Gasteiger charge is 2.36. The van der Waals surface area contributed by atoms with Crippen molar-refractivity contribution in [3.63, 3.8) is 0 Å². The predicted octanol–water partition coefficient (Wildman–Crippen LogP) is 3.39. The molecule has 8 nitrogen and oxygen atoms in total. The lowest BCUT2D eigenvalue weighted by Crippen LogP contribution is -2.36. The maximum absolute atomic E-state index is 12.6. The van der Waals surface area contributed by atoms with E-state index in [1.807, 2.05) is 0 Å². The van der Waals surface area contributed by atoms with Crippen molar-refractivity contribution in [1.29, 1.82) is 0 Å². The minimum atomic E-state index is -0.523. The Morgan fingerprint density at radius 2 is 1.70 bits per heavy atom. The minimum absolute atomic E-state index is 0.226. The Morgan fingerprint density at radius 1 is 1.00 bits per heavy atom. The number of nitrogens with zero attached hydrogens (tertiary/aromatic N) is 1. The summed E-state index contributed by atoms with van der Waals surface area (Å²) in [5.41, 5.74) is 1.20. The highest BCUT2D eigenvalue weighted by atomic mass is 32.2. The smallest absolute Gasteiger partial charge is 0.294 e. The SMILES string of the molecule is COc1ccc(NC(=O)CN2C(=O)S/C(=C\c3ccc(OC)c(OC)c3)C2=O)cc1. The van der Waals surface area contributed by atoms with E-state index in [-0.39, 0.29) is 11.4 Å². The second kappa shape index (κ2) is 9.36. The van der Waals surface area contributed by atoms with Crippen molar-refractivity contribution >= 4 is 40.6 Å². The van der Waals surface area contributed by atoms with Gasteiger partial charge in [0, 0.05) is 5.69 Å². The van der Waals surface area contributed by atoms with E-state index in [4.69, 9.17) is 14.2 Å². The molecule has 2 aromatic rings. The lowest BCUT2D eigenvalue weighted by atomic mass is 10.2. The van der Waals surface area contributed by atoms with E-state index in [2.05, 4.69) is 5.32 Å².